The molecule has 1 heterocycles. The maximum absolute atomic E-state index is 12.8. The van der Waals surface area contributed by atoms with Crippen LogP contribution in [0.1, 0.15) is 16.8 Å². The quantitative estimate of drug-likeness (QED) is 0.922. The van der Waals surface area contributed by atoms with Crippen LogP contribution in [0.4, 0.5) is 13.2 Å². The van der Waals surface area contributed by atoms with Crippen LogP contribution >= 0.6 is 0 Å². The maximum atomic E-state index is 12.8. The summed E-state index contributed by atoms with van der Waals surface area (Å²) >= 11 is 0. The van der Waals surface area contributed by atoms with Crippen LogP contribution in [0, 0.1) is 0 Å². The lowest BCUT2D eigenvalue weighted by molar-refractivity contribution is -0.142. The zero-order valence-corrected chi connectivity index (χ0v) is 11.7. The van der Waals surface area contributed by atoms with Crippen LogP contribution in [-0.4, -0.2) is 16.9 Å². The summed E-state index contributed by atoms with van der Waals surface area (Å²) in [4.78, 5) is 0. The van der Waals surface area contributed by atoms with Gasteiger partial charge in [-0.25, -0.2) is 0 Å². The second-order valence-electron chi connectivity index (χ2n) is 4.63. The lowest BCUT2D eigenvalue weighted by Gasteiger charge is -2.08. The van der Waals surface area contributed by atoms with Gasteiger partial charge in [-0.05, 0) is 17.7 Å². The summed E-state index contributed by atoms with van der Waals surface area (Å²) in [5, 5.41) is 6.45. The van der Waals surface area contributed by atoms with Gasteiger partial charge in [0.05, 0.1) is 7.11 Å². The fraction of sp³-hybridized carbons (Fsp3) is 0.357. The number of hydrogen-bond donors (Lipinski definition) is 1. The van der Waals surface area contributed by atoms with E-state index in [1.54, 1.807) is 7.11 Å². The number of alkyl halides is 3. The van der Waals surface area contributed by atoms with E-state index >= 15 is 0 Å². The summed E-state index contributed by atoms with van der Waals surface area (Å²) in [5.41, 5.74) is 0.263. The van der Waals surface area contributed by atoms with E-state index in [0.29, 0.717) is 6.54 Å². The maximum Gasteiger partial charge on any atom is 0.435 e. The molecule has 0 saturated carbocycles. The number of nitrogens with zero attached hydrogens (tertiary/aromatic N) is 2. The van der Waals surface area contributed by atoms with Crippen LogP contribution in [-0.2, 0) is 26.3 Å². The van der Waals surface area contributed by atoms with E-state index in [1.165, 1.54) is 17.9 Å². The first-order valence-corrected chi connectivity index (χ1v) is 6.33. The van der Waals surface area contributed by atoms with Gasteiger partial charge in [-0.15, -0.1) is 0 Å². The molecule has 0 bridgehead atoms. The van der Waals surface area contributed by atoms with E-state index in [0.717, 1.165) is 11.3 Å². The molecule has 0 fully saturated rings. The van der Waals surface area contributed by atoms with E-state index in [-0.39, 0.29) is 12.1 Å². The Morgan fingerprint density at radius 2 is 1.86 bits per heavy atom. The van der Waals surface area contributed by atoms with Crippen LogP contribution in [0.25, 0.3) is 0 Å². The number of halogens is 3. The fourth-order valence-electron chi connectivity index (χ4n) is 1.99. The van der Waals surface area contributed by atoms with Crippen molar-refractivity contribution in [2.24, 2.45) is 7.05 Å². The van der Waals surface area contributed by atoms with Gasteiger partial charge in [0, 0.05) is 31.9 Å². The third-order valence-electron chi connectivity index (χ3n) is 2.98. The van der Waals surface area contributed by atoms with Gasteiger partial charge in [0.15, 0.2) is 5.69 Å². The lowest BCUT2D eigenvalue weighted by atomic mass is 10.2. The minimum atomic E-state index is -4.43. The molecule has 0 spiro atoms. The van der Waals surface area contributed by atoms with Crippen molar-refractivity contribution >= 4 is 0 Å². The molecule has 1 aromatic carbocycles. The SMILES string of the molecule is COc1ccc(CNCc2cn(C)nc2C(F)(F)F)cc1. The van der Waals surface area contributed by atoms with Gasteiger partial charge in [0.2, 0.25) is 0 Å². The predicted molar refractivity (Wildman–Crippen MR) is 71.7 cm³/mol. The van der Waals surface area contributed by atoms with E-state index in [1.807, 2.05) is 24.3 Å². The van der Waals surface area contributed by atoms with Gasteiger partial charge in [0.25, 0.3) is 0 Å². The van der Waals surface area contributed by atoms with Crippen molar-refractivity contribution in [3.8, 4) is 5.75 Å². The summed E-state index contributed by atoms with van der Waals surface area (Å²) in [5.74, 6) is 0.741. The zero-order valence-electron chi connectivity index (χ0n) is 11.7. The number of nitrogens with one attached hydrogen (secondary N) is 1. The normalized spacial score (nSPS) is 11.7. The number of methoxy groups -OCH3 is 1. The smallest absolute Gasteiger partial charge is 0.435 e. The standard InChI is InChI=1S/C14H16F3N3O/c1-20-9-11(13(19-20)14(15,16)17)8-18-7-10-3-5-12(21-2)6-4-10/h3-6,9,18H,7-8H2,1-2H3. The summed E-state index contributed by atoms with van der Waals surface area (Å²) in [6.07, 6.45) is -3.05. The second kappa shape index (κ2) is 6.17. The molecule has 1 aromatic heterocycles. The van der Waals surface area contributed by atoms with Gasteiger partial charge < -0.3 is 10.1 Å². The van der Waals surface area contributed by atoms with Crippen LogP contribution in [0.5, 0.6) is 5.75 Å². The van der Waals surface area contributed by atoms with Gasteiger partial charge in [-0.2, -0.15) is 18.3 Å². The molecule has 1 N–H and O–H groups in total. The van der Waals surface area contributed by atoms with Crippen molar-refractivity contribution in [2.45, 2.75) is 19.3 Å². The Morgan fingerprint density at radius 1 is 1.19 bits per heavy atom. The first-order chi connectivity index (χ1) is 9.90. The van der Waals surface area contributed by atoms with E-state index < -0.39 is 11.9 Å². The van der Waals surface area contributed by atoms with Crippen molar-refractivity contribution in [2.75, 3.05) is 7.11 Å². The van der Waals surface area contributed by atoms with E-state index in [9.17, 15) is 13.2 Å². The minimum Gasteiger partial charge on any atom is -0.497 e. The largest absolute Gasteiger partial charge is 0.497 e. The molecule has 0 radical (unpaired) electrons. The van der Waals surface area contributed by atoms with E-state index in [2.05, 4.69) is 10.4 Å². The molecule has 2 rings (SSSR count). The summed E-state index contributed by atoms with van der Waals surface area (Å²) in [6.45, 7) is 0.574. The molecule has 114 valence electrons. The lowest BCUT2D eigenvalue weighted by Crippen LogP contribution is -2.16. The van der Waals surface area contributed by atoms with Gasteiger partial charge in [0.1, 0.15) is 5.75 Å². The number of aryl methyl sites for hydroxylation is 1. The molecule has 2 aromatic rings. The van der Waals surface area contributed by atoms with Crippen LogP contribution in [0.15, 0.2) is 30.5 Å². The van der Waals surface area contributed by atoms with Crippen LogP contribution in [0.2, 0.25) is 0 Å². The van der Waals surface area contributed by atoms with E-state index in [4.69, 9.17) is 4.74 Å². The Hall–Kier alpha value is -2.02. The Bertz CT molecular complexity index is 591. The molecular weight excluding hydrogens is 283 g/mol. The summed E-state index contributed by atoms with van der Waals surface area (Å²) < 4.78 is 44.5. The average Bonchev–Trinajstić information content (AvgIpc) is 2.81. The van der Waals surface area contributed by atoms with Crippen molar-refractivity contribution in [1.29, 1.82) is 0 Å². The third kappa shape index (κ3) is 3.98. The molecule has 21 heavy (non-hydrogen) atoms. The first kappa shape index (κ1) is 15.4. The molecule has 4 nitrogen and oxygen atoms in total. The summed E-state index contributed by atoms with van der Waals surface area (Å²) in [6, 6.07) is 7.34. The second-order valence-corrected chi connectivity index (χ2v) is 4.63. The van der Waals surface area contributed by atoms with Gasteiger partial charge >= 0.3 is 6.18 Å². The van der Waals surface area contributed by atoms with Crippen molar-refractivity contribution < 1.29 is 17.9 Å². The van der Waals surface area contributed by atoms with Crippen LogP contribution < -0.4 is 10.1 Å². The Balaban J connectivity index is 1.97. The van der Waals surface area contributed by atoms with Crippen molar-refractivity contribution in [3.05, 3.63) is 47.3 Å². The topological polar surface area (TPSA) is 39.1 Å². The zero-order chi connectivity index (χ0) is 15.5. The fourth-order valence-corrected chi connectivity index (χ4v) is 1.99. The molecular formula is C14H16F3N3O. The molecule has 7 heteroatoms. The van der Waals surface area contributed by atoms with Crippen LogP contribution in [0.3, 0.4) is 0 Å². The monoisotopic (exact) mass is 299 g/mol. The minimum absolute atomic E-state index is 0.106. The molecule has 0 saturated heterocycles. The van der Waals surface area contributed by atoms with Crippen molar-refractivity contribution in [3.63, 3.8) is 0 Å². The molecule has 0 amide bonds. The highest BCUT2D eigenvalue weighted by molar-refractivity contribution is 5.27. The molecule has 0 atom stereocenters. The molecule has 0 aliphatic rings. The predicted octanol–water partition coefficient (Wildman–Crippen LogP) is 2.74. The number of rotatable bonds is 5. The Labute approximate surface area is 120 Å². The Kier molecular flexibility index (Phi) is 4.52. The summed E-state index contributed by atoms with van der Waals surface area (Å²) in [7, 11) is 3.05. The average molecular weight is 299 g/mol. The highest BCUT2D eigenvalue weighted by Crippen LogP contribution is 2.30. The molecule has 0 aliphatic heterocycles. The highest BCUT2D eigenvalue weighted by Gasteiger charge is 2.36. The number of benzene rings is 1. The van der Waals surface area contributed by atoms with Gasteiger partial charge in [-0.1, -0.05) is 12.1 Å². The van der Waals surface area contributed by atoms with Gasteiger partial charge in [-0.3, -0.25) is 4.68 Å². The molecule has 0 unspecified atom stereocenters. The third-order valence-corrected chi connectivity index (χ3v) is 2.98. The highest BCUT2D eigenvalue weighted by atomic mass is 19.4. The number of hydrogen-bond acceptors (Lipinski definition) is 3. The first-order valence-electron chi connectivity index (χ1n) is 6.33. The number of ether oxygens (including phenoxy) is 1. The van der Waals surface area contributed by atoms with Crippen molar-refractivity contribution in [1.82, 2.24) is 15.1 Å². The Morgan fingerprint density at radius 3 is 2.43 bits per heavy atom. The number of aromatic nitrogens is 2. The molecule has 0 aliphatic carbocycles.